The van der Waals surface area contributed by atoms with Crippen molar-refractivity contribution in [2.75, 3.05) is 0 Å². The Hall–Kier alpha value is -0.940. The van der Waals surface area contributed by atoms with E-state index >= 15 is 0 Å². The van der Waals surface area contributed by atoms with Crippen LogP contribution in [0.1, 0.15) is 37.7 Å². The number of carboxylic acids is 1. The van der Waals surface area contributed by atoms with Gasteiger partial charge in [-0.15, -0.1) is 0 Å². The van der Waals surface area contributed by atoms with Crippen molar-refractivity contribution >= 4 is 21.9 Å². The van der Waals surface area contributed by atoms with Crippen molar-refractivity contribution < 1.29 is 14.3 Å². The molecule has 1 aliphatic heterocycles. The fraction of sp³-hybridized carbons (Fsp3) is 0.562. The number of benzene rings is 1. The number of nitrogens with zero attached hydrogens (tertiary/aromatic N) is 1. The monoisotopic (exact) mass is 355 g/mol. The van der Waals surface area contributed by atoms with E-state index in [1.807, 2.05) is 0 Å². The molecule has 3 atom stereocenters. The molecule has 21 heavy (non-hydrogen) atoms. The van der Waals surface area contributed by atoms with Gasteiger partial charge in [0.25, 0.3) is 0 Å². The first-order chi connectivity index (χ1) is 10.1. The molecule has 0 spiro atoms. The molecule has 2 aliphatic rings. The maximum Gasteiger partial charge on any atom is 0.320 e. The molecule has 3 rings (SSSR count). The summed E-state index contributed by atoms with van der Waals surface area (Å²) in [6.07, 6.45) is 5.36. The molecule has 0 aromatic heterocycles. The van der Waals surface area contributed by atoms with Gasteiger partial charge in [-0.2, -0.15) is 0 Å². The number of aliphatic carboxylic acids is 1. The van der Waals surface area contributed by atoms with Crippen LogP contribution in [0.4, 0.5) is 4.39 Å². The van der Waals surface area contributed by atoms with Crippen LogP contribution in [-0.2, 0) is 11.3 Å². The highest BCUT2D eigenvalue weighted by atomic mass is 79.9. The Bertz CT molecular complexity index is 551. The number of hydrogen-bond donors (Lipinski definition) is 1. The van der Waals surface area contributed by atoms with Crippen molar-refractivity contribution in [1.29, 1.82) is 0 Å². The minimum Gasteiger partial charge on any atom is -0.480 e. The second kappa shape index (κ2) is 6.05. The van der Waals surface area contributed by atoms with E-state index < -0.39 is 12.0 Å². The van der Waals surface area contributed by atoms with Gasteiger partial charge in [-0.25, -0.2) is 4.39 Å². The summed E-state index contributed by atoms with van der Waals surface area (Å²) in [7, 11) is 0. The van der Waals surface area contributed by atoms with Crippen molar-refractivity contribution in [1.82, 2.24) is 4.90 Å². The highest BCUT2D eigenvalue weighted by Gasteiger charge is 2.44. The summed E-state index contributed by atoms with van der Waals surface area (Å²) in [4.78, 5) is 13.7. The van der Waals surface area contributed by atoms with Gasteiger partial charge in [0.05, 0.1) is 4.47 Å². The molecule has 5 heteroatoms. The molecule has 114 valence electrons. The van der Waals surface area contributed by atoms with E-state index in [-0.39, 0.29) is 5.82 Å². The zero-order valence-corrected chi connectivity index (χ0v) is 13.4. The summed E-state index contributed by atoms with van der Waals surface area (Å²) >= 11 is 3.20. The Morgan fingerprint density at radius 1 is 1.38 bits per heavy atom. The van der Waals surface area contributed by atoms with Crippen LogP contribution in [0.25, 0.3) is 0 Å². The third kappa shape index (κ3) is 2.99. The summed E-state index contributed by atoms with van der Waals surface area (Å²) in [5, 5.41) is 9.50. The second-order valence-corrected chi connectivity index (χ2v) is 6.98. The maximum absolute atomic E-state index is 13.3. The van der Waals surface area contributed by atoms with E-state index in [1.54, 1.807) is 12.1 Å². The highest BCUT2D eigenvalue weighted by Crippen LogP contribution is 2.40. The van der Waals surface area contributed by atoms with Crippen LogP contribution in [0.5, 0.6) is 0 Å². The number of carbonyl (C=O) groups is 1. The predicted octanol–water partition coefficient (Wildman–Crippen LogP) is 3.81. The Labute approximate surface area is 132 Å². The molecule has 1 aromatic carbocycles. The summed E-state index contributed by atoms with van der Waals surface area (Å²) < 4.78 is 13.8. The molecule has 3 unspecified atom stereocenters. The molecular weight excluding hydrogens is 337 g/mol. The van der Waals surface area contributed by atoms with Gasteiger partial charge in [0.15, 0.2) is 0 Å². The lowest BCUT2D eigenvalue weighted by Gasteiger charge is -2.33. The first-order valence-corrected chi connectivity index (χ1v) is 8.28. The second-order valence-electron chi connectivity index (χ2n) is 6.12. The number of hydrogen-bond acceptors (Lipinski definition) is 2. The molecule has 3 nitrogen and oxygen atoms in total. The first kappa shape index (κ1) is 15.0. The third-order valence-electron chi connectivity index (χ3n) is 4.86. The SMILES string of the molecule is O=C(O)C1CC2CCCCC2N1Cc1ccc(F)c(Br)c1. The first-order valence-electron chi connectivity index (χ1n) is 7.48. The van der Waals surface area contributed by atoms with Crippen molar-refractivity contribution in [2.24, 2.45) is 5.92 Å². The lowest BCUT2D eigenvalue weighted by molar-refractivity contribution is -0.142. The summed E-state index contributed by atoms with van der Waals surface area (Å²) in [5.74, 6) is -0.514. The summed E-state index contributed by atoms with van der Waals surface area (Å²) in [5.41, 5.74) is 0.959. The molecule has 0 bridgehead atoms. The van der Waals surface area contributed by atoms with E-state index in [1.165, 1.54) is 18.9 Å². The lowest BCUT2D eigenvalue weighted by Crippen LogP contribution is -2.41. The highest BCUT2D eigenvalue weighted by molar-refractivity contribution is 9.10. The molecule has 0 amide bonds. The van der Waals surface area contributed by atoms with Gasteiger partial charge in [-0.3, -0.25) is 9.69 Å². The van der Waals surface area contributed by atoms with Crippen molar-refractivity contribution in [3.8, 4) is 0 Å². The minimum atomic E-state index is -0.731. The normalized spacial score (nSPS) is 29.3. The average molecular weight is 356 g/mol. The summed E-state index contributed by atoms with van der Waals surface area (Å²) in [6, 6.07) is 4.90. The largest absolute Gasteiger partial charge is 0.480 e. The lowest BCUT2D eigenvalue weighted by atomic mass is 9.84. The van der Waals surface area contributed by atoms with Crippen molar-refractivity contribution in [3.05, 3.63) is 34.1 Å². The number of carboxylic acid groups (broad SMARTS) is 1. The average Bonchev–Trinajstić information content (AvgIpc) is 2.82. The smallest absolute Gasteiger partial charge is 0.320 e. The molecule has 1 N–H and O–H groups in total. The van der Waals surface area contributed by atoms with Gasteiger partial charge in [0.2, 0.25) is 0 Å². The molecule has 1 saturated carbocycles. The van der Waals surface area contributed by atoms with E-state index in [0.29, 0.717) is 23.0 Å². The maximum atomic E-state index is 13.3. The quantitative estimate of drug-likeness (QED) is 0.896. The van der Waals surface area contributed by atoms with Gasteiger partial charge < -0.3 is 5.11 Å². The van der Waals surface area contributed by atoms with E-state index in [4.69, 9.17) is 0 Å². The van der Waals surface area contributed by atoms with Crippen LogP contribution < -0.4 is 0 Å². The van der Waals surface area contributed by atoms with Gasteiger partial charge in [0.1, 0.15) is 11.9 Å². The van der Waals surface area contributed by atoms with Crippen LogP contribution in [-0.4, -0.2) is 28.1 Å². The predicted molar refractivity (Wildman–Crippen MR) is 81.4 cm³/mol. The molecular formula is C16H19BrFNO2. The minimum absolute atomic E-state index is 0.287. The van der Waals surface area contributed by atoms with Gasteiger partial charge >= 0.3 is 5.97 Å². The van der Waals surface area contributed by atoms with Gasteiger partial charge in [-0.1, -0.05) is 18.9 Å². The number of rotatable bonds is 3. The van der Waals surface area contributed by atoms with E-state index in [0.717, 1.165) is 24.8 Å². The number of likely N-dealkylation sites (tertiary alicyclic amines) is 1. The molecule has 1 aliphatic carbocycles. The van der Waals surface area contributed by atoms with Gasteiger partial charge in [0, 0.05) is 12.6 Å². The number of fused-ring (bicyclic) bond motifs is 1. The zero-order chi connectivity index (χ0) is 15.0. The van der Waals surface area contributed by atoms with E-state index in [2.05, 4.69) is 20.8 Å². The van der Waals surface area contributed by atoms with Gasteiger partial charge in [-0.05, 0) is 58.8 Å². The Balaban J connectivity index is 1.82. The Morgan fingerprint density at radius 3 is 2.86 bits per heavy atom. The van der Waals surface area contributed by atoms with Crippen molar-refractivity contribution in [2.45, 2.75) is 50.7 Å². The Kier molecular flexibility index (Phi) is 4.31. The molecule has 2 fully saturated rings. The van der Waals surface area contributed by atoms with Crippen LogP contribution in [0.3, 0.4) is 0 Å². The van der Waals surface area contributed by atoms with Crippen molar-refractivity contribution in [3.63, 3.8) is 0 Å². The van der Waals surface area contributed by atoms with Crippen LogP contribution in [0.15, 0.2) is 22.7 Å². The van der Waals surface area contributed by atoms with Crippen LogP contribution in [0.2, 0.25) is 0 Å². The molecule has 1 aromatic rings. The molecule has 1 heterocycles. The standard InChI is InChI=1S/C16H19BrFNO2/c17-12-7-10(5-6-13(12)18)9-19-14-4-2-1-3-11(14)8-15(19)16(20)21/h5-7,11,14-15H,1-4,8-9H2,(H,20,21). The molecule has 0 radical (unpaired) electrons. The van der Waals surface area contributed by atoms with E-state index in [9.17, 15) is 14.3 Å². The van der Waals surface area contributed by atoms with Crippen LogP contribution >= 0.6 is 15.9 Å². The van der Waals surface area contributed by atoms with Crippen LogP contribution in [0, 0.1) is 11.7 Å². The summed E-state index contributed by atoms with van der Waals surface area (Å²) in [6.45, 7) is 0.580. The fourth-order valence-electron chi connectivity index (χ4n) is 3.87. The fourth-order valence-corrected chi connectivity index (χ4v) is 4.30. The number of halogens is 2. The molecule has 1 saturated heterocycles. The Morgan fingerprint density at radius 2 is 2.14 bits per heavy atom. The third-order valence-corrected chi connectivity index (χ3v) is 5.46. The topological polar surface area (TPSA) is 40.5 Å². The zero-order valence-electron chi connectivity index (χ0n) is 11.8.